The van der Waals surface area contributed by atoms with Gasteiger partial charge < -0.3 is 9.47 Å². The number of aryl methyl sites for hydroxylation is 1. The highest BCUT2D eigenvalue weighted by Gasteiger charge is 2.23. The number of anilines is 1. The molecule has 0 saturated carbocycles. The third-order valence-electron chi connectivity index (χ3n) is 2.88. The van der Waals surface area contributed by atoms with Crippen molar-refractivity contribution >= 4 is 27.4 Å². The lowest BCUT2D eigenvalue weighted by Crippen LogP contribution is -2.15. The molecule has 0 aliphatic heterocycles. The third-order valence-corrected chi connectivity index (χ3v) is 4.55. The summed E-state index contributed by atoms with van der Waals surface area (Å²) in [5.41, 5.74) is 0.883. The second-order valence-electron chi connectivity index (χ2n) is 4.46. The summed E-state index contributed by atoms with van der Waals surface area (Å²) in [4.78, 5) is 3.89. The van der Waals surface area contributed by atoms with Crippen molar-refractivity contribution < 1.29 is 17.9 Å². The molecule has 0 amide bonds. The highest BCUT2D eigenvalue weighted by atomic mass is 35.5. The lowest BCUT2D eigenvalue weighted by molar-refractivity contribution is 0.392. The molecule has 118 valence electrons. The Bertz CT molecular complexity index is 793. The highest BCUT2D eigenvalue weighted by molar-refractivity contribution is 7.92. The number of hydrogen-bond acceptors (Lipinski definition) is 5. The first-order valence-electron chi connectivity index (χ1n) is 6.24. The molecule has 0 aliphatic carbocycles. The Morgan fingerprint density at radius 1 is 1.14 bits per heavy atom. The molecule has 0 atom stereocenters. The van der Waals surface area contributed by atoms with Gasteiger partial charge in [0.25, 0.3) is 10.0 Å². The summed E-state index contributed by atoms with van der Waals surface area (Å²) in [6, 6.07) is 6.08. The zero-order chi connectivity index (χ0) is 16.3. The van der Waals surface area contributed by atoms with E-state index in [9.17, 15) is 8.42 Å². The Kier molecular flexibility index (Phi) is 4.77. The summed E-state index contributed by atoms with van der Waals surface area (Å²) in [7, 11) is -1.13. The predicted octanol–water partition coefficient (Wildman–Crippen LogP) is 2.86. The summed E-state index contributed by atoms with van der Waals surface area (Å²) >= 11 is 5.98. The normalized spacial score (nSPS) is 11.1. The van der Waals surface area contributed by atoms with Gasteiger partial charge >= 0.3 is 0 Å². The second-order valence-corrected chi connectivity index (χ2v) is 6.52. The SMILES string of the molecule is COc1cc(S(=O)(=O)Nc2cc(C)ccn2)c(OC)cc1Cl. The lowest BCUT2D eigenvalue weighted by Gasteiger charge is -2.13. The van der Waals surface area contributed by atoms with E-state index in [0.29, 0.717) is 0 Å². The van der Waals surface area contributed by atoms with Gasteiger partial charge in [0.1, 0.15) is 22.2 Å². The van der Waals surface area contributed by atoms with Crippen LogP contribution in [-0.4, -0.2) is 27.6 Å². The zero-order valence-electron chi connectivity index (χ0n) is 12.3. The van der Waals surface area contributed by atoms with Crippen LogP contribution in [0.15, 0.2) is 35.4 Å². The molecule has 22 heavy (non-hydrogen) atoms. The molecule has 2 rings (SSSR count). The number of sulfonamides is 1. The average Bonchev–Trinajstić information content (AvgIpc) is 2.46. The van der Waals surface area contributed by atoms with Crippen LogP contribution in [0.5, 0.6) is 11.5 Å². The van der Waals surface area contributed by atoms with Gasteiger partial charge in [-0.05, 0) is 24.6 Å². The molecule has 1 aromatic heterocycles. The van der Waals surface area contributed by atoms with Crippen LogP contribution in [0, 0.1) is 6.92 Å². The molecule has 0 aliphatic rings. The molecule has 0 spiro atoms. The van der Waals surface area contributed by atoms with Crippen LogP contribution in [0.25, 0.3) is 0 Å². The number of nitrogens with zero attached hydrogens (tertiary/aromatic N) is 1. The first kappa shape index (κ1) is 16.4. The largest absolute Gasteiger partial charge is 0.495 e. The van der Waals surface area contributed by atoms with E-state index in [4.69, 9.17) is 21.1 Å². The first-order valence-corrected chi connectivity index (χ1v) is 8.10. The van der Waals surface area contributed by atoms with Crippen molar-refractivity contribution in [2.75, 3.05) is 18.9 Å². The quantitative estimate of drug-likeness (QED) is 0.904. The van der Waals surface area contributed by atoms with Crippen molar-refractivity contribution in [2.24, 2.45) is 0 Å². The molecule has 0 radical (unpaired) electrons. The van der Waals surface area contributed by atoms with Gasteiger partial charge in [0.15, 0.2) is 0 Å². The van der Waals surface area contributed by atoms with Gasteiger partial charge in [-0.15, -0.1) is 0 Å². The van der Waals surface area contributed by atoms with E-state index >= 15 is 0 Å². The molecule has 0 bridgehead atoms. The second kappa shape index (κ2) is 6.41. The summed E-state index contributed by atoms with van der Waals surface area (Å²) in [5, 5.41) is 0.256. The molecular formula is C14H15ClN2O4S. The molecule has 0 saturated heterocycles. The molecular weight excluding hydrogens is 328 g/mol. The summed E-state index contributed by atoms with van der Waals surface area (Å²) in [6.07, 6.45) is 1.52. The van der Waals surface area contributed by atoms with Crippen molar-refractivity contribution in [3.63, 3.8) is 0 Å². The molecule has 0 fully saturated rings. The Morgan fingerprint density at radius 3 is 2.41 bits per heavy atom. The van der Waals surface area contributed by atoms with Crippen molar-refractivity contribution in [3.05, 3.63) is 41.0 Å². The fourth-order valence-electron chi connectivity index (χ4n) is 1.83. The Hall–Kier alpha value is -1.99. The number of ether oxygens (including phenoxy) is 2. The molecule has 2 aromatic rings. The van der Waals surface area contributed by atoms with Gasteiger partial charge in [-0.25, -0.2) is 13.4 Å². The molecule has 1 aromatic carbocycles. The van der Waals surface area contributed by atoms with E-state index in [1.165, 1.54) is 32.5 Å². The van der Waals surface area contributed by atoms with Crippen molar-refractivity contribution in [3.8, 4) is 11.5 Å². The van der Waals surface area contributed by atoms with E-state index in [1.54, 1.807) is 12.1 Å². The van der Waals surface area contributed by atoms with Crippen LogP contribution in [0.2, 0.25) is 5.02 Å². The first-order chi connectivity index (χ1) is 10.4. The number of benzene rings is 1. The van der Waals surface area contributed by atoms with Crippen LogP contribution in [-0.2, 0) is 10.0 Å². The standard InChI is InChI=1S/C14H15ClN2O4S/c1-9-4-5-16-14(6-9)17-22(18,19)13-8-11(20-2)10(15)7-12(13)21-3/h4-8H,1-3H3,(H,16,17). The topological polar surface area (TPSA) is 77.5 Å². The average molecular weight is 343 g/mol. The summed E-state index contributed by atoms with van der Waals surface area (Å²) in [6.45, 7) is 1.84. The molecule has 1 heterocycles. The number of pyridine rings is 1. The van der Waals surface area contributed by atoms with E-state index < -0.39 is 10.0 Å². The fourth-order valence-corrected chi connectivity index (χ4v) is 3.22. The predicted molar refractivity (Wildman–Crippen MR) is 84.3 cm³/mol. The van der Waals surface area contributed by atoms with Crippen LogP contribution >= 0.6 is 11.6 Å². The van der Waals surface area contributed by atoms with Gasteiger partial charge in [-0.1, -0.05) is 11.6 Å². The van der Waals surface area contributed by atoms with Gasteiger partial charge in [0, 0.05) is 18.3 Å². The van der Waals surface area contributed by atoms with Crippen LogP contribution in [0.3, 0.4) is 0 Å². The maximum absolute atomic E-state index is 12.5. The van der Waals surface area contributed by atoms with E-state index in [0.717, 1.165) is 5.56 Å². The monoisotopic (exact) mass is 342 g/mol. The van der Waals surface area contributed by atoms with E-state index in [2.05, 4.69) is 9.71 Å². The molecule has 0 unspecified atom stereocenters. The number of halogens is 1. The fraction of sp³-hybridized carbons (Fsp3) is 0.214. The van der Waals surface area contributed by atoms with Gasteiger partial charge in [0.05, 0.1) is 19.2 Å². The van der Waals surface area contributed by atoms with Crippen LogP contribution in [0.1, 0.15) is 5.56 Å². The Balaban J connectivity index is 2.48. The lowest BCUT2D eigenvalue weighted by atomic mass is 10.3. The minimum absolute atomic E-state index is 0.0837. The van der Waals surface area contributed by atoms with Crippen molar-refractivity contribution in [1.82, 2.24) is 4.98 Å². The maximum Gasteiger partial charge on any atom is 0.266 e. The molecule has 6 nitrogen and oxygen atoms in total. The number of hydrogen-bond donors (Lipinski definition) is 1. The Morgan fingerprint density at radius 2 is 1.82 bits per heavy atom. The van der Waals surface area contributed by atoms with Crippen LogP contribution in [0.4, 0.5) is 5.82 Å². The van der Waals surface area contributed by atoms with Gasteiger partial charge in [-0.2, -0.15) is 0 Å². The van der Waals surface area contributed by atoms with Crippen molar-refractivity contribution in [1.29, 1.82) is 0 Å². The number of rotatable bonds is 5. The van der Waals surface area contributed by atoms with E-state index in [-0.39, 0.29) is 27.2 Å². The van der Waals surface area contributed by atoms with Gasteiger partial charge in [-0.3, -0.25) is 4.72 Å². The maximum atomic E-state index is 12.5. The number of nitrogens with one attached hydrogen (secondary N) is 1. The minimum Gasteiger partial charge on any atom is -0.495 e. The van der Waals surface area contributed by atoms with Crippen molar-refractivity contribution in [2.45, 2.75) is 11.8 Å². The number of methoxy groups -OCH3 is 2. The Labute approximate surface area is 134 Å². The summed E-state index contributed by atoms with van der Waals surface area (Å²) < 4.78 is 37.6. The molecule has 1 N–H and O–H groups in total. The minimum atomic E-state index is -3.90. The number of aromatic nitrogens is 1. The smallest absolute Gasteiger partial charge is 0.266 e. The summed E-state index contributed by atoms with van der Waals surface area (Å²) in [5.74, 6) is 0.571. The van der Waals surface area contributed by atoms with Crippen LogP contribution < -0.4 is 14.2 Å². The van der Waals surface area contributed by atoms with E-state index in [1.807, 2.05) is 6.92 Å². The highest BCUT2D eigenvalue weighted by Crippen LogP contribution is 2.35. The van der Waals surface area contributed by atoms with Gasteiger partial charge in [0.2, 0.25) is 0 Å². The molecule has 8 heteroatoms. The zero-order valence-corrected chi connectivity index (χ0v) is 13.8. The third kappa shape index (κ3) is 3.42.